The molecule has 112 valence electrons. The third-order valence-corrected chi connectivity index (χ3v) is 4.41. The van der Waals surface area contributed by atoms with Crippen LogP contribution in [-0.4, -0.2) is 19.2 Å². The number of benzene rings is 1. The Morgan fingerprint density at radius 1 is 1.30 bits per heavy atom. The summed E-state index contributed by atoms with van der Waals surface area (Å²) in [5.74, 6) is 2.38. The average Bonchev–Trinajstić information content (AvgIpc) is 2.87. The van der Waals surface area contributed by atoms with E-state index in [9.17, 15) is 0 Å². The molecule has 2 heteroatoms. The smallest absolute Gasteiger partial charge is 0.119 e. The Bertz CT molecular complexity index is 402. The van der Waals surface area contributed by atoms with E-state index in [4.69, 9.17) is 4.74 Å². The van der Waals surface area contributed by atoms with Gasteiger partial charge < -0.3 is 10.1 Å². The molecule has 0 saturated heterocycles. The molecule has 1 fully saturated rings. The summed E-state index contributed by atoms with van der Waals surface area (Å²) in [7, 11) is 0. The second-order valence-corrected chi connectivity index (χ2v) is 6.22. The van der Waals surface area contributed by atoms with Gasteiger partial charge in [0, 0.05) is 6.04 Å². The minimum absolute atomic E-state index is 0.562. The van der Waals surface area contributed by atoms with Gasteiger partial charge in [-0.15, -0.1) is 0 Å². The Morgan fingerprint density at radius 3 is 2.90 bits per heavy atom. The lowest BCUT2D eigenvalue weighted by Gasteiger charge is -2.20. The van der Waals surface area contributed by atoms with E-state index in [1.807, 2.05) is 0 Å². The second-order valence-electron chi connectivity index (χ2n) is 6.22. The van der Waals surface area contributed by atoms with Gasteiger partial charge in [-0.3, -0.25) is 0 Å². The van der Waals surface area contributed by atoms with Crippen LogP contribution < -0.4 is 10.1 Å². The molecular formula is C18H29NO. The molecular weight excluding hydrogens is 246 g/mol. The quantitative estimate of drug-likeness (QED) is 0.798. The second kappa shape index (κ2) is 7.68. The monoisotopic (exact) mass is 275 g/mol. The van der Waals surface area contributed by atoms with Crippen LogP contribution in [0.15, 0.2) is 24.3 Å². The molecule has 1 aliphatic carbocycles. The Labute approximate surface area is 123 Å². The van der Waals surface area contributed by atoms with Gasteiger partial charge in [-0.05, 0) is 55.3 Å². The van der Waals surface area contributed by atoms with Gasteiger partial charge in [0.15, 0.2) is 0 Å². The van der Waals surface area contributed by atoms with Gasteiger partial charge in [0.25, 0.3) is 0 Å². The average molecular weight is 275 g/mol. The summed E-state index contributed by atoms with van der Waals surface area (Å²) in [6, 6.07) is 9.24. The molecule has 0 bridgehead atoms. The highest BCUT2D eigenvalue weighted by Gasteiger charge is 2.25. The maximum Gasteiger partial charge on any atom is 0.119 e. The molecule has 2 nitrogen and oxygen atoms in total. The van der Waals surface area contributed by atoms with Crippen molar-refractivity contribution in [3.63, 3.8) is 0 Å². The van der Waals surface area contributed by atoms with E-state index in [1.54, 1.807) is 0 Å². The first kappa shape index (κ1) is 15.4. The summed E-state index contributed by atoms with van der Waals surface area (Å²) in [5.41, 5.74) is 1.36. The van der Waals surface area contributed by atoms with Gasteiger partial charge >= 0.3 is 0 Å². The Kier molecular flexibility index (Phi) is 5.90. The molecule has 0 amide bonds. The molecule has 2 rings (SSSR count). The third-order valence-electron chi connectivity index (χ3n) is 4.41. The normalized spacial score (nSPS) is 22.4. The van der Waals surface area contributed by atoms with Crippen LogP contribution in [0.4, 0.5) is 0 Å². The number of nitrogens with one attached hydrogen (secondary N) is 1. The maximum atomic E-state index is 5.96. The van der Waals surface area contributed by atoms with E-state index in [2.05, 4.69) is 50.4 Å². The first-order chi connectivity index (χ1) is 9.70. The van der Waals surface area contributed by atoms with Crippen LogP contribution in [0.1, 0.15) is 57.9 Å². The van der Waals surface area contributed by atoms with Gasteiger partial charge in [-0.25, -0.2) is 0 Å². The zero-order valence-corrected chi connectivity index (χ0v) is 13.2. The van der Waals surface area contributed by atoms with Crippen LogP contribution >= 0.6 is 0 Å². The van der Waals surface area contributed by atoms with Gasteiger partial charge in [-0.2, -0.15) is 0 Å². The molecule has 1 aromatic rings. The lowest BCUT2D eigenvalue weighted by Crippen LogP contribution is -2.32. The van der Waals surface area contributed by atoms with Crippen LogP contribution in [-0.2, 0) is 0 Å². The summed E-state index contributed by atoms with van der Waals surface area (Å²) in [6.45, 7) is 8.56. The number of hydrogen-bond donors (Lipinski definition) is 1. The summed E-state index contributed by atoms with van der Waals surface area (Å²) >= 11 is 0. The topological polar surface area (TPSA) is 21.3 Å². The third kappa shape index (κ3) is 4.24. The Balaban J connectivity index is 1.79. The van der Waals surface area contributed by atoms with Crippen molar-refractivity contribution in [3.05, 3.63) is 29.8 Å². The summed E-state index contributed by atoms with van der Waals surface area (Å²) in [5, 5.41) is 3.61. The van der Waals surface area contributed by atoms with Gasteiger partial charge in [-0.1, -0.05) is 39.3 Å². The first-order valence-electron chi connectivity index (χ1n) is 8.16. The van der Waals surface area contributed by atoms with E-state index >= 15 is 0 Å². The minimum atomic E-state index is 0.562. The van der Waals surface area contributed by atoms with E-state index < -0.39 is 0 Å². The fourth-order valence-electron chi connectivity index (χ4n) is 3.20. The van der Waals surface area contributed by atoms with E-state index in [-0.39, 0.29) is 0 Å². The predicted octanol–water partition coefficient (Wildman–Crippen LogP) is 4.36. The zero-order valence-electron chi connectivity index (χ0n) is 13.2. The Hall–Kier alpha value is -1.02. The highest BCUT2D eigenvalue weighted by molar-refractivity contribution is 5.30. The minimum Gasteiger partial charge on any atom is -0.494 e. The van der Waals surface area contributed by atoms with Gasteiger partial charge in [0.1, 0.15) is 5.75 Å². The zero-order chi connectivity index (χ0) is 14.4. The van der Waals surface area contributed by atoms with E-state index in [0.29, 0.717) is 12.0 Å². The van der Waals surface area contributed by atoms with Crippen molar-refractivity contribution in [1.82, 2.24) is 5.32 Å². The van der Waals surface area contributed by atoms with Crippen molar-refractivity contribution < 1.29 is 4.74 Å². The first-order valence-corrected chi connectivity index (χ1v) is 8.16. The molecule has 0 heterocycles. The number of ether oxygens (including phenoxy) is 1. The van der Waals surface area contributed by atoms with Crippen molar-refractivity contribution >= 4 is 0 Å². The summed E-state index contributed by atoms with van der Waals surface area (Å²) in [4.78, 5) is 0. The van der Waals surface area contributed by atoms with Crippen LogP contribution in [0.2, 0.25) is 0 Å². The van der Waals surface area contributed by atoms with Crippen molar-refractivity contribution in [2.24, 2.45) is 5.92 Å². The molecule has 1 N–H and O–H groups in total. The molecule has 20 heavy (non-hydrogen) atoms. The molecule has 0 aromatic heterocycles. The SMILES string of the molecule is CCNC1CCCC1CCOc1cccc(C(C)C)c1. The molecule has 1 aromatic carbocycles. The van der Waals surface area contributed by atoms with Crippen molar-refractivity contribution in [2.75, 3.05) is 13.2 Å². The van der Waals surface area contributed by atoms with E-state index in [0.717, 1.165) is 24.8 Å². The number of hydrogen-bond acceptors (Lipinski definition) is 2. The van der Waals surface area contributed by atoms with Gasteiger partial charge in [0.05, 0.1) is 6.61 Å². The molecule has 2 atom stereocenters. The van der Waals surface area contributed by atoms with Crippen LogP contribution in [0.3, 0.4) is 0 Å². The fourth-order valence-corrected chi connectivity index (χ4v) is 3.20. The summed E-state index contributed by atoms with van der Waals surface area (Å²) in [6.07, 6.45) is 5.23. The lowest BCUT2D eigenvalue weighted by atomic mass is 10.00. The maximum absolute atomic E-state index is 5.96. The predicted molar refractivity (Wildman–Crippen MR) is 85.4 cm³/mol. The van der Waals surface area contributed by atoms with Crippen molar-refractivity contribution in [1.29, 1.82) is 0 Å². The largest absolute Gasteiger partial charge is 0.494 e. The molecule has 0 aliphatic heterocycles. The van der Waals surface area contributed by atoms with Crippen molar-refractivity contribution in [3.8, 4) is 5.75 Å². The van der Waals surface area contributed by atoms with Crippen LogP contribution in [0.5, 0.6) is 5.75 Å². The fraction of sp³-hybridized carbons (Fsp3) is 0.667. The molecule has 0 radical (unpaired) electrons. The molecule has 1 aliphatic rings. The standard InChI is InChI=1S/C18H29NO/c1-4-19-18-10-6-7-15(18)11-12-20-17-9-5-8-16(13-17)14(2)3/h5,8-9,13-15,18-19H,4,6-7,10-12H2,1-3H3. The number of rotatable bonds is 7. The molecule has 1 saturated carbocycles. The van der Waals surface area contributed by atoms with E-state index in [1.165, 1.54) is 31.2 Å². The highest BCUT2D eigenvalue weighted by Crippen LogP contribution is 2.28. The van der Waals surface area contributed by atoms with Crippen LogP contribution in [0, 0.1) is 5.92 Å². The molecule has 0 spiro atoms. The lowest BCUT2D eigenvalue weighted by molar-refractivity contribution is 0.261. The van der Waals surface area contributed by atoms with Crippen LogP contribution in [0.25, 0.3) is 0 Å². The summed E-state index contributed by atoms with van der Waals surface area (Å²) < 4.78 is 5.96. The van der Waals surface area contributed by atoms with Gasteiger partial charge in [0.2, 0.25) is 0 Å². The Morgan fingerprint density at radius 2 is 2.15 bits per heavy atom. The van der Waals surface area contributed by atoms with Crippen molar-refractivity contribution in [2.45, 2.75) is 58.4 Å². The molecule has 2 unspecified atom stereocenters. The highest BCUT2D eigenvalue weighted by atomic mass is 16.5.